The zero-order valence-electron chi connectivity index (χ0n) is 9.57. The lowest BCUT2D eigenvalue weighted by Gasteiger charge is -2.13. The first kappa shape index (κ1) is 12.7. The molecular formula is C13H14BrNOS. The first-order valence-electron chi connectivity index (χ1n) is 5.51. The smallest absolute Gasteiger partial charge is 0.179 e. The molecule has 2 nitrogen and oxygen atoms in total. The van der Waals surface area contributed by atoms with Crippen molar-refractivity contribution in [2.24, 2.45) is 0 Å². The van der Waals surface area contributed by atoms with Crippen LogP contribution in [-0.2, 0) is 0 Å². The van der Waals surface area contributed by atoms with E-state index in [0.717, 1.165) is 17.3 Å². The van der Waals surface area contributed by atoms with Crippen molar-refractivity contribution in [2.45, 2.75) is 12.5 Å². The molecule has 0 aliphatic carbocycles. The number of alkyl halides is 1. The van der Waals surface area contributed by atoms with Crippen molar-refractivity contribution in [3.8, 4) is 0 Å². The van der Waals surface area contributed by atoms with Crippen LogP contribution in [0.1, 0.15) is 16.8 Å². The van der Waals surface area contributed by atoms with Gasteiger partial charge < -0.3 is 5.32 Å². The standard InChI is InChI=1S/C13H14BrNOS/c1-15-11(4-6-14)13(16)10-3-2-9-5-7-17-12(9)8-10/h2-3,5,7-8,11,15H,4,6H2,1H3. The number of halogens is 1. The van der Waals surface area contributed by atoms with Crippen molar-refractivity contribution in [3.63, 3.8) is 0 Å². The molecule has 1 aromatic carbocycles. The molecule has 2 aromatic rings. The highest BCUT2D eigenvalue weighted by atomic mass is 79.9. The van der Waals surface area contributed by atoms with E-state index in [9.17, 15) is 4.79 Å². The van der Waals surface area contributed by atoms with E-state index in [1.807, 2.05) is 30.6 Å². The van der Waals surface area contributed by atoms with E-state index in [4.69, 9.17) is 0 Å². The summed E-state index contributed by atoms with van der Waals surface area (Å²) in [4.78, 5) is 12.3. The van der Waals surface area contributed by atoms with E-state index >= 15 is 0 Å². The van der Waals surface area contributed by atoms with Gasteiger partial charge in [0.2, 0.25) is 0 Å². The molecule has 0 bridgehead atoms. The van der Waals surface area contributed by atoms with E-state index in [1.54, 1.807) is 11.3 Å². The normalized spacial score (nSPS) is 12.8. The fraction of sp³-hybridized carbons (Fsp3) is 0.308. The summed E-state index contributed by atoms with van der Waals surface area (Å²) in [7, 11) is 1.83. The summed E-state index contributed by atoms with van der Waals surface area (Å²) in [6.07, 6.45) is 0.803. The molecule has 1 atom stereocenters. The predicted molar refractivity (Wildman–Crippen MR) is 77.4 cm³/mol. The molecule has 0 saturated carbocycles. The number of nitrogens with one attached hydrogen (secondary N) is 1. The molecule has 0 aliphatic heterocycles. The average Bonchev–Trinajstić information content (AvgIpc) is 2.82. The summed E-state index contributed by atoms with van der Waals surface area (Å²) in [6.45, 7) is 0. The Kier molecular flexibility index (Phi) is 4.31. The maximum absolute atomic E-state index is 12.3. The molecule has 0 saturated heterocycles. The van der Waals surface area contributed by atoms with Gasteiger partial charge in [0.15, 0.2) is 5.78 Å². The molecule has 1 N–H and O–H groups in total. The number of likely N-dealkylation sites (N-methyl/N-ethyl adjacent to an activating group) is 1. The Morgan fingerprint density at radius 2 is 2.29 bits per heavy atom. The van der Waals surface area contributed by atoms with E-state index in [2.05, 4.69) is 27.3 Å². The monoisotopic (exact) mass is 311 g/mol. The quantitative estimate of drug-likeness (QED) is 0.677. The Bertz CT molecular complexity index is 523. The zero-order chi connectivity index (χ0) is 12.3. The number of thiophene rings is 1. The third kappa shape index (κ3) is 2.76. The molecule has 1 unspecified atom stereocenters. The third-order valence-electron chi connectivity index (χ3n) is 2.80. The Balaban J connectivity index is 2.28. The number of carbonyl (C=O) groups is 1. The Labute approximate surface area is 113 Å². The Morgan fingerprint density at radius 1 is 1.47 bits per heavy atom. The lowest BCUT2D eigenvalue weighted by atomic mass is 10.0. The van der Waals surface area contributed by atoms with Crippen LogP contribution >= 0.6 is 27.3 Å². The summed E-state index contributed by atoms with van der Waals surface area (Å²) in [5, 5.41) is 7.14. The van der Waals surface area contributed by atoms with Gasteiger partial charge >= 0.3 is 0 Å². The number of Topliss-reactive ketones (excluding diaryl/α,β-unsaturated/α-hetero) is 1. The fourth-order valence-electron chi connectivity index (χ4n) is 1.82. The van der Waals surface area contributed by atoms with Crippen LogP contribution in [0.2, 0.25) is 0 Å². The van der Waals surface area contributed by atoms with Crippen LogP contribution in [0.25, 0.3) is 10.1 Å². The highest BCUT2D eigenvalue weighted by molar-refractivity contribution is 9.09. The van der Waals surface area contributed by atoms with Crippen LogP contribution in [0.3, 0.4) is 0 Å². The molecule has 0 aliphatic rings. The second-order valence-corrected chi connectivity index (χ2v) is 5.60. The van der Waals surface area contributed by atoms with Crippen LogP contribution in [0.15, 0.2) is 29.6 Å². The largest absolute Gasteiger partial charge is 0.310 e. The second-order valence-electron chi connectivity index (χ2n) is 3.86. The highest BCUT2D eigenvalue weighted by Crippen LogP contribution is 2.22. The van der Waals surface area contributed by atoms with Crippen LogP contribution in [0.5, 0.6) is 0 Å². The van der Waals surface area contributed by atoms with E-state index < -0.39 is 0 Å². The number of hydrogen-bond acceptors (Lipinski definition) is 3. The van der Waals surface area contributed by atoms with Gasteiger partial charge in [-0.15, -0.1) is 11.3 Å². The average molecular weight is 312 g/mol. The van der Waals surface area contributed by atoms with Crippen LogP contribution in [-0.4, -0.2) is 24.2 Å². The van der Waals surface area contributed by atoms with Gasteiger partial charge in [0.1, 0.15) is 0 Å². The van der Waals surface area contributed by atoms with Crippen molar-refractivity contribution in [1.82, 2.24) is 5.32 Å². The SMILES string of the molecule is CNC(CCBr)C(=O)c1ccc2ccsc2c1. The lowest BCUT2D eigenvalue weighted by molar-refractivity contribution is 0.0946. The Morgan fingerprint density at radius 3 is 3.00 bits per heavy atom. The van der Waals surface area contributed by atoms with Gasteiger partial charge in [-0.25, -0.2) is 0 Å². The second kappa shape index (κ2) is 5.76. The van der Waals surface area contributed by atoms with Gasteiger partial charge in [0.25, 0.3) is 0 Å². The number of benzene rings is 1. The van der Waals surface area contributed by atoms with Crippen molar-refractivity contribution in [3.05, 3.63) is 35.2 Å². The predicted octanol–water partition coefficient (Wildman–Crippen LogP) is 3.46. The lowest BCUT2D eigenvalue weighted by Crippen LogP contribution is -2.34. The van der Waals surface area contributed by atoms with E-state index in [-0.39, 0.29) is 11.8 Å². The molecular weight excluding hydrogens is 298 g/mol. The molecule has 1 heterocycles. The van der Waals surface area contributed by atoms with Crippen LogP contribution in [0, 0.1) is 0 Å². The number of ketones is 1. The molecule has 90 valence electrons. The van der Waals surface area contributed by atoms with Gasteiger partial charge in [0, 0.05) is 15.6 Å². The molecule has 17 heavy (non-hydrogen) atoms. The van der Waals surface area contributed by atoms with Crippen molar-refractivity contribution in [2.75, 3.05) is 12.4 Å². The fourth-order valence-corrected chi connectivity index (χ4v) is 3.11. The van der Waals surface area contributed by atoms with E-state index in [1.165, 1.54) is 10.1 Å². The van der Waals surface area contributed by atoms with Crippen LogP contribution < -0.4 is 5.32 Å². The maximum atomic E-state index is 12.3. The highest BCUT2D eigenvalue weighted by Gasteiger charge is 2.17. The minimum Gasteiger partial charge on any atom is -0.310 e. The van der Waals surface area contributed by atoms with Crippen molar-refractivity contribution < 1.29 is 4.79 Å². The summed E-state index contributed by atoms with van der Waals surface area (Å²) in [5.74, 6) is 0.169. The first-order valence-corrected chi connectivity index (χ1v) is 7.51. The number of fused-ring (bicyclic) bond motifs is 1. The number of hydrogen-bond donors (Lipinski definition) is 1. The summed E-state index contributed by atoms with van der Waals surface area (Å²) < 4.78 is 1.17. The topological polar surface area (TPSA) is 29.1 Å². The van der Waals surface area contributed by atoms with Crippen molar-refractivity contribution >= 4 is 43.1 Å². The van der Waals surface area contributed by atoms with Gasteiger partial charge in [0.05, 0.1) is 6.04 Å². The third-order valence-corrected chi connectivity index (χ3v) is 4.14. The van der Waals surface area contributed by atoms with Crippen molar-refractivity contribution in [1.29, 1.82) is 0 Å². The molecule has 0 spiro atoms. The number of carbonyl (C=O) groups excluding carboxylic acids is 1. The molecule has 0 radical (unpaired) electrons. The minimum absolute atomic E-state index is 0.105. The maximum Gasteiger partial charge on any atom is 0.179 e. The molecule has 0 fully saturated rings. The summed E-state index contributed by atoms with van der Waals surface area (Å²) in [6, 6.07) is 7.88. The summed E-state index contributed by atoms with van der Waals surface area (Å²) in [5.41, 5.74) is 0.792. The van der Waals surface area contributed by atoms with Gasteiger partial charge in [-0.1, -0.05) is 28.1 Å². The number of rotatable bonds is 5. The van der Waals surface area contributed by atoms with Crippen LogP contribution in [0.4, 0.5) is 0 Å². The molecule has 4 heteroatoms. The van der Waals surface area contributed by atoms with Gasteiger partial charge in [-0.3, -0.25) is 4.79 Å². The minimum atomic E-state index is -0.105. The Hall–Kier alpha value is -0.710. The zero-order valence-corrected chi connectivity index (χ0v) is 12.0. The first-order chi connectivity index (χ1) is 8.26. The van der Waals surface area contributed by atoms with Gasteiger partial charge in [-0.05, 0) is 36.4 Å². The molecule has 2 rings (SSSR count). The van der Waals surface area contributed by atoms with E-state index in [0.29, 0.717) is 0 Å². The summed E-state index contributed by atoms with van der Waals surface area (Å²) >= 11 is 5.04. The molecule has 0 amide bonds. The molecule has 1 aromatic heterocycles. The van der Waals surface area contributed by atoms with Gasteiger partial charge in [-0.2, -0.15) is 0 Å².